The van der Waals surface area contributed by atoms with E-state index in [9.17, 15) is 0 Å². The van der Waals surface area contributed by atoms with Gasteiger partial charge in [0.15, 0.2) is 0 Å². The van der Waals surface area contributed by atoms with Crippen LogP contribution in [0.4, 0.5) is 6.01 Å². The Balaban J connectivity index is 1.32. The van der Waals surface area contributed by atoms with Crippen molar-refractivity contribution in [2.45, 2.75) is 51.1 Å². The summed E-state index contributed by atoms with van der Waals surface area (Å²) in [5.41, 5.74) is 0. The van der Waals surface area contributed by atoms with Crippen molar-refractivity contribution < 1.29 is 4.42 Å². The summed E-state index contributed by atoms with van der Waals surface area (Å²) in [6.45, 7) is 1.78. The molecule has 20 heavy (non-hydrogen) atoms. The first-order valence-electron chi connectivity index (χ1n) is 8.05. The van der Waals surface area contributed by atoms with Gasteiger partial charge in [0.25, 0.3) is 0 Å². The average molecular weight is 276 g/mol. The van der Waals surface area contributed by atoms with Crippen LogP contribution in [0.3, 0.4) is 0 Å². The molecule has 1 heterocycles. The first kappa shape index (κ1) is 12.6. The fourth-order valence-corrected chi connectivity index (χ4v) is 4.02. The predicted octanol–water partition coefficient (Wildman–Crippen LogP) is 2.19. The van der Waals surface area contributed by atoms with E-state index in [0.717, 1.165) is 24.3 Å². The van der Waals surface area contributed by atoms with Gasteiger partial charge in [-0.05, 0) is 49.9 Å². The summed E-state index contributed by atoms with van der Waals surface area (Å²) in [5.74, 6) is 3.49. The molecule has 3 aliphatic carbocycles. The van der Waals surface area contributed by atoms with Gasteiger partial charge in [-0.3, -0.25) is 0 Å². The molecular weight excluding hydrogens is 252 g/mol. The summed E-state index contributed by atoms with van der Waals surface area (Å²) in [5, 5.41) is 11.7. The average Bonchev–Trinajstić information content (AvgIpc) is 2.89. The highest BCUT2D eigenvalue weighted by atomic mass is 16.4. The zero-order valence-electron chi connectivity index (χ0n) is 12.2. The van der Waals surface area contributed by atoms with E-state index >= 15 is 0 Å². The largest absolute Gasteiger partial charge is 0.407 e. The molecule has 2 bridgehead atoms. The number of anilines is 1. The van der Waals surface area contributed by atoms with Crippen molar-refractivity contribution >= 4 is 6.01 Å². The van der Waals surface area contributed by atoms with Crippen LogP contribution >= 0.6 is 0 Å². The van der Waals surface area contributed by atoms with Gasteiger partial charge in [0.05, 0.1) is 6.54 Å². The Labute approximate surface area is 120 Å². The van der Waals surface area contributed by atoms with E-state index in [4.69, 9.17) is 4.42 Å². The van der Waals surface area contributed by atoms with Gasteiger partial charge < -0.3 is 14.6 Å². The summed E-state index contributed by atoms with van der Waals surface area (Å²) in [7, 11) is 2.08. The molecule has 1 aromatic heterocycles. The van der Waals surface area contributed by atoms with E-state index in [0.29, 0.717) is 24.5 Å². The number of nitrogens with zero attached hydrogens (tertiary/aromatic N) is 3. The minimum atomic E-state index is 0.678. The number of hydrogen-bond acceptors (Lipinski definition) is 5. The molecule has 3 saturated carbocycles. The molecule has 3 atom stereocenters. The molecule has 5 nitrogen and oxygen atoms in total. The molecule has 4 rings (SSSR count). The van der Waals surface area contributed by atoms with Gasteiger partial charge in [-0.15, -0.1) is 5.10 Å². The Morgan fingerprint density at radius 1 is 1.20 bits per heavy atom. The molecule has 110 valence electrons. The zero-order chi connectivity index (χ0) is 13.5. The van der Waals surface area contributed by atoms with E-state index in [1.807, 2.05) is 0 Å². The van der Waals surface area contributed by atoms with Crippen molar-refractivity contribution in [1.82, 2.24) is 15.5 Å². The Kier molecular flexibility index (Phi) is 3.17. The smallest absolute Gasteiger partial charge is 0.317 e. The monoisotopic (exact) mass is 276 g/mol. The fourth-order valence-electron chi connectivity index (χ4n) is 4.02. The second-order valence-electron chi connectivity index (χ2n) is 6.95. The Morgan fingerprint density at radius 2 is 2.10 bits per heavy atom. The lowest BCUT2D eigenvalue weighted by Gasteiger charge is -2.25. The highest BCUT2D eigenvalue weighted by Gasteiger charge is 2.40. The van der Waals surface area contributed by atoms with Gasteiger partial charge in [-0.25, -0.2) is 0 Å². The van der Waals surface area contributed by atoms with Crippen molar-refractivity contribution in [3.63, 3.8) is 0 Å². The van der Waals surface area contributed by atoms with Crippen LogP contribution in [0.2, 0.25) is 0 Å². The van der Waals surface area contributed by atoms with Crippen LogP contribution in [-0.4, -0.2) is 29.8 Å². The second-order valence-corrected chi connectivity index (χ2v) is 6.95. The van der Waals surface area contributed by atoms with Crippen LogP contribution in [0.25, 0.3) is 0 Å². The topological polar surface area (TPSA) is 54.2 Å². The normalized spacial score (nSPS) is 31.9. The first-order valence-corrected chi connectivity index (χ1v) is 8.05. The molecule has 0 radical (unpaired) electrons. The fraction of sp³-hybridized carbons (Fsp3) is 0.867. The highest BCUT2D eigenvalue weighted by Crippen LogP contribution is 2.48. The van der Waals surface area contributed by atoms with E-state index in [-0.39, 0.29) is 0 Å². The van der Waals surface area contributed by atoms with E-state index in [1.54, 1.807) is 0 Å². The second kappa shape index (κ2) is 5.02. The molecule has 3 aliphatic rings. The van der Waals surface area contributed by atoms with Gasteiger partial charge in [-0.1, -0.05) is 11.5 Å². The van der Waals surface area contributed by atoms with E-state index < -0.39 is 0 Å². The summed E-state index contributed by atoms with van der Waals surface area (Å²) in [4.78, 5) is 2.15. The van der Waals surface area contributed by atoms with Gasteiger partial charge in [0.2, 0.25) is 5.89 Å². The van der Waals surface area contributed by atoms with Crippen LogP contribution in [0.5, 0.6) is 0 Å². The molecule has 1 aromatic rings. The molecule has 0 spiro atoms. The van der Waals surface area contributed by atoms with Crippen molar-refractivity contribution in [2.75, 3.05) is 18.5 Å². The third kappa shape index (κ3) is 2.55. The Morgan fingerprint density at radius 3 is 2.80 bits per heavy atom. The molecule has 1 N–H and O–H groups in total. The summed E-state index contributed by atoms with van der Waals surface area (Å²) < 4.78 is 5.76. The van der Waals surface area contributed by atoms with Crippen molar-refractivity contribution in [3.8, 4) is 0 Å². The van der Waals surface area contributed by atoms with E-state index in [2.05, 4.69) is 27.5 Å². The molecular formula is C15H24N4O. The van der Waals surface area contributed by atoms with Gasteiger partial charge >= 0.3 is 6.01 Å². The predicted molar refractivity (Wildman–Crippen MR) is 76.4 cm³/mol. The molecule has 0 aliphatic heterocycles. The molecule has 3 unspecified atom stereocenters. The molecule has 5 heteroatoms. The lowest BCUT2D eigenvalue weighted by molar-refractivity contribution is 0.331. The third-order valence-electron chi connectivity index (χ3n) is 5.29. The lowest BCUT2D eigenvalue weighted by atomic mass is 9.88. The van der Waals surface area contributed by atoms with Crippen molar-refractivity contribution in [2.24, 2.45) is 17.8 Å². The zero-order valence-corrected chi connectivity index (χ0v) is 12.2. The first-order chi connectivity index (χ1) is 9.78. The van der Waals surface area contributed by atoms with Crippen LogP contribution in [0.15, 0.2) is 4.42 Å². The SMILES string of the molecule is CN(CC1CC2CCC1C2)c1nnc(CNC2CC2)o1. The van der Waals surface area contributed by atoms with Crippen molar-refractivity contribution in [1.29, 1.82) is 0 Å². The van der Waals surface area contributed by atoms with Crippen LogP contribution in [-0.2, 0) is 6.54 Å². The summed E-state index contributed by atoms with van der Waals surface area (Å²) in [6, 6.07) is 1.36. The number of rotatable bonds is 6. The minimum absolute atomic E-state index is 0.678. The van der Waals surface area contributed by atoms with Crippen LogP contribution in [0.1, 0.15) is 44.4 Å². The maximum absolute atomic E-state index is 5.76. The van der Waals surface area contributed by atoms with Gasteiger partial charge in [-0.2, -0.15) is 0 Å². The van der Waals surface area contributed by atoms with Crippen LogP contribution in [0, 0.1) is 17.8 Å². The quantitative estimate of drug-likeness (QED) is 0.863. The van der Waals surface area contributed by atoms with Crippen LogP contribution < -0.4 is 10.2 Å². The number of fused-ring (bicyclic) bond motifs is 2. The molecule has 0 aromatic carbocycles. The minimum Gasteiger partial charge on any atom is -0.407 e. The molecule has 0 saturated heterocycles. The standard InChI is InChI=1S/C15H24N4O/c1-19(9-12-7-10-2-3-11(12)6-10)15-18-17-14(20-15)8-16-13-4-5-13/h10-13,16H,2-9H2,1H3. The highest BCUT2D eigenvalue weighted by molar-refractivity contribution is 5.22. The van der Waals surface area contributed by atoms with Gasteiger partial charge in [0, 0.05) is 19.6 Å². The van der Waals surface area contributed by atoms with Gasteiger partial charge in [0.1, 0.15) is 0 Å². The van der Waals surface area contributed by atoms with E-state index in [1.165, 1.54) is 38.5 Å². The third-order valence-corrected chi connectivity index (χ3v) is 5.29. The maximum Gasteiger partial charge on any atom is 0.317 e. The molecule has 0 amide bonds. The number of aromatic nitrogens is 2. The lowest BCUT2D eigenvalue weighted by Crippen LogP contribution is -2.28. The maximum atomic E-state index is 5.76. The Hall–Kier alpha value is -1.10. The summed E-state index contributed by atoms with van der Waals surface area (Å²) >= 11 is 0. The molecule has 3 fully saturated rings. The number of nitrogens with one attached hydrogen (secondary N) is 1. The Bertz CT molecular complexity index is 470. The number of hydrogen-bond donors (Lipinski definition) is 1. The summed E-state index contributed by atoms with van der Waals surface area (Å²) in [6.07, 6.45) is 8.32. The van der Waals surface area contributed by atoms with Crippen molar-refractivity contribution in [3.05, 3.63) is 5.89 Å².